The zero-order chi connectivity index (χ0) is 11.8. The fourth-order valence-corrected chi connectivity index (χ4v) is 1.84. The summed E-state index contributed by atoms with van der Waals surface area (Å²) in [5, 5.41) is 13.1. The minimum Gasteiger partial charge on any atom is -0.387 e. The van der Waals surface area contributed by atoms with Gasteiger partial charge >= 0.3 is 0 Å². The molecule has 0 saturated heterocycles. The number of aliphatic hydroxyl groups is 1. The van der Waals surface area contributed by atoms with E-state index < -0.39 is 6.10 Å². The van der Waals surface area contributed by atoms with Crippen molar-refractivity contribution in [3.8, 4) is 0 Å². The Morgan fingerprint density at radius 2 is 2.31 bits per heavy atom. The molecule has 0 bridgehead atoms. The normalized spacial score (nSPS) is 13.2. The van der Waals surface area contributed by atoms with Crippen molar-refractivity contribution in [3.05, 3.63) is 46.5 Å². The lowest BCUT2D eigenvalue weighted by atomic mass is 10.1. The van der Waals surface area contributed by atoms with Gasteiger partial charge in [0.05, 0.1) is 6.10 Å². The Bertz CT molecular complexity index is 338. The third-order valence-electron chi connectivity index (χ3n) is 2.29. The molecule has 0 aliphatic rings. The van der Waals surface area contributed by atoms with Crippen molar-refractivity contribution in [1.29, 1.82) is 0 Å². The average Bonchev–Trinajstić information content (AvgIpc) is 2.28. The predicted molar refractivity (Wildman–Crippen MR) is 71.4 cm³/mol. The molecule has 0 amide bonds. The number of hydrogen-bond donors (Lipinski definition) is 2. The molecule has 1 aromatic rings. The molecule has 0 saturated carbocycles. The molecule has 0 heterocycles. The van der Waals surface area contributed by atoms with Crippen LogP contribution in [0.1, 0.15) is 25.0 Å². The second-order valence-electron chi connectivity index (χ2n) is 3.63. The molecule has 1 rings (SSSR count). The summed E-state index contributed by atoms with van der Waals surface area (Å²) in [6, 6.07) is 7.76. The van der Waals surface area contributed by atoms with E-state index in [1.54, 1.807) is 0 Å². The summed E-state index contributed by atoms with van der Waals surface area (Å²) >= 11 is 3.39. The topological polar surface area (TPSA) is 32.3 Å². The summed E-state index contributed by atoms with van der Waals surface area (Å²) < 4.78 is 0.998. The van der Waals surface area contributed by atoms with E-state index in [-0.39, 0.29) is 0 Å². The first-order chi connectivity index (χ1) is 7.74. The molecular formula is C13H18BrNO. The lowest BCUT2D eigenvalue weighted by molar-refractivity contribution is 0.175. The monoisotopic (exact) mass is 283 g/mol. The third-order valence-corrected chi connectivity index (χ3v) is 2.79. The molecule has 16 heavy (non-hydrogen) atoms. The van der Waals surface area contributed by atoms with Crippen LogP contribution in [0.25, 0.3) is 0 Å². The van der Waals surface area contributed by atoms with Gasteiger partial charge in [0.1, 0.15) is 0 Å². The number of nitrogens with one attached hydrogen (secondary N) is 1. The molecule has 0 radical (unpaired) electrons. The molecule has 3 heteroatoms. The molecule has 2 nitrogen and oxygen atoms in total. The second kappa shape index (κ2) is 7.60. The van der Waals surface area contributed by atoms with Crippen molar-refractivity contribution >= 4 is 15.9 Å². The molecule has 1 aromatic carbocycles. The molecule has 0 aliphatic carbocycles. The zero-order valence-corrected chi connectivity index (χ0v) is 11.1. The third kappa shape index (κ3) is 4.92. The number of hydrogen-bond acceptors (Lipinski definition) is 2. The summed E-state index contributed by atoms with van der Waals surface area (Å²) in [6.45, 7) is 3.50. The summed E-state index contributed by atoms with van der Waals surface area (Å²) in [7, 11) is 0. The molecule has 2 N–H and O–H groups in total. The maximum absolute atomic E-state index is 9.90. The number of benzene rings is 1. The van der Waals surface area contributed by atoms with Crippen LogP contribution in [0.2, 0.25) is 0 Å². The van der Waals surface area contributed by atoms with Gasteiger partial charge in [0.25, 0.3) is 0 Å². The zero-order valence-electron chi connectivity index (χ0n) is 9.49. The first-order valence-corrected chi connectivity index (χ1v) is 6.28. The molecule has 0 aliphatic heterocycles. The highest BCUT2D eigenvalue weighted by molar-refractivity contribution is 9.10. The van der Waals surface area contributed by atoms with E-state index in [9.17, 15) is 5.11 Å². The number of aliphatic hydroxyl groups excluding tert-OH is 1. The Labute approximate surface area is 106 Å². The highest BCUT2D eigenvalue weighted by Gasteiger charge is 2.06. The van der Waals surface area contributed by atoms with E-state index in [0.717, 1.165) is 23.0 Å². The Morgan fingerprint density at radius 1 is 1.50 bits per heavy atom. The minimum atomic E-state index is -0.442. The Kier molecular flexibility index (Phi) is 6.38. The van der Waals surface area contributed by atoms with Crippen LogP contribution in [0.5, 0.6) is 0 Å². The summed E-state index contributed by atoms with van der Waals surface area (Å²) in [5.41, 5.74) is 0.938. The quantitative estimate of drug-likeness (QED) is 0.621. The van der Waals surface area contributed by atoms with Crippen molar-refractivity contribution < 1.29 is 5.11 Å². The van der Waals surface area contributed by atoms with Gasteiger partial charge in [-0.2, -0.15) is 0 Å². The van der Waals surface area contributed by atoms with Gasteiger partial charge in [0, 0.05) is 11.0 Å². The summed E-state index contributed by atoms with van der Waals surface area (Å²) in [5.74, 6) is 0. The maximum Gasteiger partial charge on any atom is 0.0914 e. The molecule has 0 fully saturated rings. The van der Waals surface area contributed by atoms with Crippen LogP contribution in [0.4, 0.5) is 0 Å². The van der Waals surface area contributed by atoms with Gasteiger partial charge in [-0.25, -0.2) is 0 Å². The SMILES string of the molecule is C/C=C/CCNCC(O)c1cccc(Br)c1. The van der Waals surface area contributed by atoms with E-state index in [4.69, 9.17) is 0 Å². The van der Waals surface area contributed by atoms with Gasteiger partial charge in [-0.3, -0.25) is 0 Å². The van der Waals surface area contributed by atoms with E-state index in [2.05, 4.69) is 27.3 Å². The van der Waals surface area contributed by atoms with Crippen LogP contribution in [0.15, 0.2) is 40.9 Å². The van der Waals surface area contributed by atoms with Crippen molar-refractivity contribution in [2.75, 3.05) is 13.1 Å². The molecule has 1 unspecified atom stereocenters. The highest BCUT2D eigenvalue weighted by atomic mass is 79.9. The van der Waals surface area contributed by atoms with E-state index >= 15 is 0 Å². The van der Waals surface area contributed by atoms with Crippen LogP contribution in [0.3, 0.4) is 0 Å². The molecule has 1 atom stereocenters. The van der Waals surface area contributed by atoms with Crippen molar-refractivity contribution in [3.63, 3.8) is 0 Å². The number of halogens is 1. The Hall–Kier alpha value is -0.640. The first-order valence-electron chi connectivity index (χ1n) is 5.49. The van der Waals surface area contributed by atoms with Gasteiger partial charge in [0.2, 0.25) is 0 Å². The molecule has 0 aromatic heterocycles. The smallest absolute Gasteiger partial charge is 0.0914 e. The second-order valence-corrected chi connectivity index (χ2v) is 4.55. The summed E-state index contributed by atoms with van der Waals surface area (Å²) in [6.07, 6.45) is 4.70. The van der Waals surface area contributed by atoms with Crippen LogP contribution in [-0.4, -0.2) is 18.2 Å². The average molecular weight is 284 g/mol. The first kappa shape index (κ1) is 13.4. The van der Waals surface area contributed by atoms with Crippen molar-refractivity contribution in [2.45, 2.75) is 19.4 Å². The van der Waals surface area contributed by atoms with Crippen LogP contribution in [-0.2, 0) is 0 Å². The van der Waals surface area contributed by atoms with E-state index in [0.29, 0.717) is 6.54 Å². The lowest BCUT2D eigenvalue weighted by Gasteiger charge is -2.11. The highest BCUT2D eigenvalue weighted by Crippen LogP contribution is 2.17. The van der Waals surface area contributed by atoms with Crippen LogP contribution in [0, 0.1) is 0 Å². The Morgan fingerprint density at radius 3 is 3.00 bits per heavy atom. The molecular weight excluding hydrogens is 266 g/mol. The molecule has 88 valence electrons. The lowest BCUT2D eigenvalue weighted by Crippen LogP contribution is -2.22. The van der Waals surface area contributed by atoms with Gasteiger partial charge < -0.3 is 10.4 Å². The summed E-state index contributed by atoms with van der Waals surface area (Å²) in [4.78, 5) is 0. The minimum absolute atomic E-state index is 0.442. The van der Waals surface area contributed by atoms with Crippen molar-refractivity contribution in [1.82, 2.24) is 5.32 Å². The largest absolute Gasteiger partial charge is 0.387 e. The van der Waals surface area contributed by atoms with Gasteiger partial charge in [-0.05, 0) is 37.6 Å². The van der Waals surface area contributed by atoms with Crippen LogP contribution < -0.4 is 5.32 Å². The molecule has 0 spiro atoms. The predicted octanol–water partition coefficient (Wildman–Crippen LogP) is 3.04. The number of rotatable bonds is 6. The van der Waals surface area contributed by atoms with E-state index in [1.165, 1.54) is 0 Å². The van der Waals surface area contributed by atoms with Gasteiger partial charge in [-0.1, -0.05) is 40.2 Å². The van der Waals surface area contributed by atoms with Gasteiger partial charge in [-0.15, -0.1) is 0 Å². The number of allylic oxidation sites excluding steroid dienone is 1. The fraction of sp³-hybridized carbons (Fsp3) is 0.385. The van der Waals surface area contributed by atoms with Crippen LogP contribution >= 0.6 is 15.9 Å². The Balaban J connectivity index is 2.32. The van der Waals surface area contributed by atoms with Crippen molar-refractivity contribution in [2.24, 2.45) is 0 Å². The van der Waals surface area contributed by atoms with E-state index in [1.807, 2.05) is 37.3 Å². The van der Waals surface area contributed by atoms with Gasteiger partial charge in [0.15, 0.2) is 0 Å². The maximum atomic E-state index is 9.90. The standard InChI is InChI=1S/C13H18BrNO/c1-2-3-4-8-15-10-13(16)11-6-5-7-12(14)9-11/h2-3,5-7,9,13,15-16H,4,8,10H2,1H3/b3-2+. The fourth-order valence-electron chi connectivity index (χ4n) is 1.42.